The van der Waals surface area contributed by atoms with Crippen molar-refractivity contribution >= 4 is 33.4 Å². The number of allylic oxidation sites excluding steroid dienone is 1. The van der Waals surface area contributed by atoms with Gasteiger partial charge in [-0.25, -0.2) is 13.2 Å². The summed E-state index contributed by atoms with van der Waals surface area (Å²) in [6.07, 6.45) is 3.17. The Bertz CT molecular complexity index is 999. The monoisotopic (exact) mass is 470 g/mol. The lowest BCUT2D eigenvalue weighted by Gasteiger charge is -2.16. The molecule has 11 nitrogen and oxygen atoms in total. The van der Waals surface area contributed by atoms with E-state index >= 15 is 0 Å². The van der Waals surface area contributed by atoms with Gasteiger partial charge in [-0.15, -0.1) is 0 Å². The Labute approximate surface area is 186 Å². The van der Waals surface area contributed by atoms with Gasteiger partial charge in [0.05, 0.1) is 0 Å². The molecule has 0 aliphatic rings. The molecule has 1 atom stereocenters. The molecular weight excluding hydrogens is 440 g/mol. The summed E-state index contributed by atoms with van der Waals surface area (Å²) in [5.41, 5.74) is -0.734. The van der Waals surface area contributed by atoms with Crippen LogP contribution >= 0.6 is 0 Å². The Morgan fingerprint density at radius 2 is 1.91 bits per heavy atom. The molecule has 0 bridgehead atoms. The predicted molar refractivity (Wildman–Crippen MR) is 120 cm³/mol. The minimum Gasteiger partial charge on any atom is -0.465 e. The number of carbonyl (C=O) groups excluding carboxylic acids is 2. The summed E-state index contributed by atoms with van der Waals surface area (Å²) in [6.45, 7) is 4.31. The van der Waals surface area contributed by atoms with Crippen molar-refractivity contribution < 1.29 is 27.9 Å². The van der Waals surface area contributed by atoms with Crippen LogP contribution < -0.4 is 21.5 Å². The fourth-order valence-electron chi connectivity index (χ4n) is 2.61. The standard InChI is InChI=1S/C20H30N4O7S/c1-14(2)9-10-21-17(25)13-24-11-6-8-16(19(24)27)22-18(26)15(23-20(28)29)7-4-5-12-32(3,30)31/h5-6,8,11-12,14-15,23H,4,7,9-10,13H2,1-3H3,(H,21,25)(H,22,26)(H,28,29). The zero-order valence-electron chi connectivity index (χ0n) is 18.3. The number of pyridine rings is 1. The maximum Gasteiger partial charge on any atom is 0.405 e. The molecule has 0 radical (unpaired) electrons. The molecule has 12 heteroatoms. The number of amides is 3. The molecule has 1 heterocycles. The summed E-state index contributed by atoms with van der Waals surface area (Å²) in [4.78, 5) is 48.2. The van der Waals surface area contributed by atoms with Gasteiger partial charge in [0.2, 0.25) is 11.8 Å². The second-order valence-electron chi connectivity index (χ2n) is 7.66. The Balaban J connectivity index is 2.84. The summed E-state index contributed by atoms with van der Waals surface area (Å²) < 4.78 is 23.4. The first-order valence-electron chi connectivity index (χ1n) is 10.0. The Morgan fingerprint density at radius 1 is 1.22 bits per heavy atom. The van der Waals surface area contributed by atoms with Gasteiger partial charge in [0.25, 0.3) is 5.56 Å². The number of nitrogens with one attached hydrogen (secondary N) is 3. The van der Waals surface area contributed by atoms with E-state index in [1.807, 2.05) is 19.2 Å². The summed E-state index contributed by atoms with van der Waals surface area (Å²) in [5.74, 6) is -0.707. The van der Waals surface area contributed by atoms with Crippen LogP contribution in [0.15, 0.2) is 34.6 Å². The van der Waals surface area contributed by atoms with Crippen molar-refractivity contribution in [3.8, 4) is 0 Å². The van der Waals surface area contributed by atoms with Crippen LogP contribution in [0.25, 0.3) is 0 Å². The van der Waals surface area contributed by atoms with Crippen LogP contribution in [0.3, 0.4) is 0 Å². The molecule has 0 aliphatic heterocycles. The molecule has 1 rings (SSSR count). The second kappa shape index (κ2) is 12.6. The van der Waals surface area contributed by atoms with E-state index in [1.54, 1.807) is 0 Å². The van der Waals surface area contributed by atoms with E-state index in [0.29, 0.717) is 12.5 Å². The minimum absolute atomic E-state index is 0.0244. The van der Waals surface area contributed by atoms with Crippen molar-refractivity contribution in [3.05, 3.63) is 40.2 Å². The van der Waals surface area contributed by atoms with Gasteiger partial charge in [0.1, 0.15) is 18.3 Å². The third kappa shape index (κ3) is 10.8. The predicted octanol–water partition coefficient (Wildman–Crippen LogP) is 0.924. The number of carboxylic acid groups (broad SMARTS) is 1. The van der Waals surface area contributed by atoms with Gasteiger partial charge in [-0.2, -0.15) is 0 Å². The Morgan fingerprint density at radius 3 is 2.50 bits per heavy atom. The summed E-state index contributed by atoms with van der Waals surface area (Å²) >= 11 is 0. The first kappa shape index (κ1) is 26.9. The highest BCUT2D eigenvalue weighted by molar-refractivity contribution is 7.93. The van der Waals surface area contributed by atoms with Crippen molar-refractivity contribution in [2.45, 2.75) is 45.7 Å². The summed E-state index contributed by atoms with van der Waals surface area (Å²) in [5, 5.41) is 17.1. The number of hydrogen-bond acceptors (Lipinski definition) is 6. The fourth-order valence-corrected chi connectivity index (χ4v) is 3.10. The topological polar surface area (TPSA) is 164 Å². The molecule has 178 valence electrons. The number of hydrogen-bond donors (Lipinski definition) is 4. The van der Waals surface area contributed by atoms with Crippen LogP contribution in [-0.2, 0) is 26.0 Å². The average Bonchev–Trinajstić information content (AvgIpc) is 2.66. The molecule has 0 spiro atoms. The van der Waals surface area contributed by atoms with Gasteiger partial charge in [-0.3, -0.25) is 14.4 Å². The van der Waals surface area contributed by atoms with Crippen LogP contribution in [0.1, 0.15) is 33.1 Å². The lowest BCUT2D eigenvalue weighted by molar-refractivity contribution is -0.121. The van der Waals surface area contributed by atoms with Crippen molar-refractivity contribution in [2.75, 3.05) is 18.1 Å². The normalized spacial score (nSPS) is 12.5. The first-order chi connectivity index (χ1) is 14.9. The Hall–Kier alpha value is -3.15. The molecule has 0 saturated carbocycles. The van der Waals surface area contributed by atoms with Crippen molar-refractivity contribution in [3.63, 3.8) is 0 Å². The van der Waals surface area contributed by atoms with Gasteiger partial charge in [-0.1, -0.05) is 19.9 Å². The van der Waals surface area contributed by atoms with Gasteiger partial charge in [0, 0.05) is 24.4 Å². The quantitative estimate of drug-likeness (QED) is 0.353. The van der Waals surface area contributed by atoms with E-state index in [4.69, 9.17) is 5.11 Å². The van der Waals surface area contributed by atoms with Crippen molar-refractivity contribution in [1.29, 1.82) is 0 Å². The number of sulfone groups is 1. The third-order valence-corrected chi connectivity index (χ3v) is 4.90. The van der Waals surface area contributed by atoms with E-state index < -0.39 is 33.4 Å². The zero-order chi connectivity index (χ0) is 24.3. The number of carbonyl (C=O) groups is 3. The van der Waals surface area contributed by atoms with Gasteiger partial charge in [0.15, 0.2) is 9.84 Å². The van der Waals surface area contributed by atoms with E-state index in [1.165, 1.54) is 24.4 Å². The molecular formula is C20H30N4O7S. The van der Waals surface area contributed by atoms with E-state index in [2.05, 4.69) is 10.6 Å². The van der Waals surface area contributed by atoms with Crippen LogP contribution in [0.2, 0.25) is 0 Å². The van der Waals surface area contributed by atoms with E-state index in [-0.39, 0.29) is 31.0 Å². The smallest absolute Gasteiger partial charge is 0.405 e. The van der Waals surface area contributed by atoms with E-state index in [0.717, 1.165) is 22.7 Å². The van der Waals surface area contributed by atoms with Gasteiger partial charge < -0.3 is 25.6 Å². The first-order valence-corrected chi connectivity index (χ1v) is 12.0. The molecule has 0 saturated heterocycles. The number of anilines is 1. The molecule has 0 aromatic carbocycles. The second-order valence-corrected chi connectivity index (χ2v) is 9.59. The fraction of sp³-hybridized carbons (Fsp3) is 0.500. The van der Waals surface area contributed by atoms with Crippen LogP contribution in [0.5, 0.6) is 0 Å². The highest BCUT2D eigenvalue weighted by atomic mass is 32.2. The average molecular weight is 471 g/mol. The van der Waals surface area contributed by atoms with Crippen molar-refractivity contribution in [2.24, 2.45) is 5.92 Å². The van der Waals surface area contributed by atoms with Crippen LogP contribution in [-0.4, -0.2) is 54.8 Å². The molecule has 0 aliphatic carbocycles. The van der Waals surface area contributed by atoms with Crippen LogP contribution in [0.4, 0.5) is 10.5 Å². The molecule has 0 fully saturated rings. The molecule has 32 heavy (non-hydrogen) atoms. The largest absolute Gasteiger partial charge is 0.465 e. The van der Waals surface area contributed by atoms with Crippen molar-refractivity contribution in [1.82, 2.24) is 15.2 Å². The molecule has 1 aromatic heterocycles. The molecule has 4 N–H and O–H groups in total. The molecule has 1 aromatic rings. The SMILES string of the molecule is CC(C)CCNC(=O)Cn1cccc(NC(=O)C(CCC=CS(C)(=O)=O)NC(=O)O)c1=O. The highest BCUT2D eigenvalue weighted by Gasteiger charge is 2.21. The third-order valence-electron chi connectivity index (χ3n) is 4.22. The lowest BCUT2D eigenvalue weighted by atomic mass is 10.1. The number of aromatic nitrogens is 1. The van der Waals surface area contributed by atoms with Gasteiger partial charge in [-0.05, 0) is 37.3 Å². The minimum atomic E-state index is -3.34. The molecule has 3 amide bonds. The maximum atomic E-state index is 12.6. The summed E-state index contributed by atoms with van der Waals surface area (Å²) in [7, 11) is -3.34. The lowest BCUT2D eigenvalue weighted by Crippen LogP contribution is -2.44. The van der Waals surface area contributed by atoms with Gasteiger partial charge >= 0.3 is 6.09 Å². The summed E-state index contributed by atoms with van der Waals surface area (Å²) in [6, 6.07) is 1.60. The number of rotatable bonds is 12. The maximum absolute atomic E-state index is 12.6. The zero-order valence-corrected chi connectivity index (χ0v) is 19.1. The Kier molecular flexibility index (Phi) is 10.6. The van der Waals surface area contributed by atoms with Crippen LogP contribution in [0, 0.1) is 5.92 Å². The highest BCUT2D eigenvalue weighted by Crippen LogP contribution is 2.06. The van der Waals surface area contributed by atoms with E-state index in [9.17, 15) is 27.6 Å². The molecule has 1 unspecified atom stereocenters. The number of nitrogens with zero attached hydrogens (tertiary/aromatic N) is 1.